The van der Waals surface area contributed by atoms with Crippen molar-refractivity contribution < 1.29 is 4.79 Å². The second-order valence-electron chi connectivity index (χ2n) is 5.07. The first-order valence-electron chi connectivity index (χ1n) is 7.25. The van der Waals surface area contributed by atoms with E-state index in [-0.39, 0.29) is 5.91 Å². The SMILES string of the molecule is Cc1ccc(C(=O)NCI)cc1Nc1nc(-c2ccncc2)cs1. The molecule has 0 unspecified atom stereocenters. The van der Waals surface area contributed by atoms with Gasteiger partial charge in [0, 0.05) is 34.6 Å². The molecule has 7 heteroatoms. The van der Waals surface area contributed by atoms with Crippen LogP contribution in [0.2, 0.25) is 0 Å². The largest absolute Gasteiger partial charge is 0.343 e. The molecule has 0 aliphatic rings. The number of benzene rings is 1. The van der Waals surface area contributed by atoms with Crippen molar-refractivity contribution in [3.63, 3.8) is 0 Å². The van der Waals surface area contributed by atoms with E-state index in [0.29, 0.717) is 10.1 Å². The molecule has 0 saturated carbocycles. The standard InChI is InChI=1S/C17H15IN4OS/c1-11-2-3-13(16(23)20-10-18)8-14(11)21-17-22-15(9-24-17)12-4-6-19-7-5-12/h2-9H,10H2,1H3,(H,20,23)(H,21,22). The Hall–Kier alpha value is -2.00. The first-order chi connectivity index (χ1) is 11.7. The van der Waals surface area contributed by atoms with Gasteiger partial charge in [0.25, 0.3) is 5.91 Å². The predicted octanol–water partition coefficient (Wildman–Crippen LogP) is 4.38. The molecule has 2 heterocycles. The molecular formula is C17H15IN4OS. The van der Waals surface area contributed by atoms with Crippen molar-refractivity contribution in [2.45, 2.75) is 6.92 Å². The van der Waals surface area contributed by atoms with Crippen LogP contribution in [0.1, 0.15) is 15.9 Å². The summed E-state index contributed by atoms with van der Waals surface area (Å²) in [5.41, 5.74) is 4.50. The van der Waals surface area contributed by atoms with E-state index in [1.165, 1.54) is 11.3 Å². The van der Waals surface area contributed by atoms with E-state index >= 15 is 0 Å². The molecular weight excluding hydrogens is 435 g/mol. The van der Waals surface area contributed by atoms with Gasteiger partial charge in [-0.25, -0.2) is 4.98 Å². The lowest BCUT2D eigenvalue weighted by molar-refractivity contribution is 0.0962. The second-order valence-corrected chi connectivity index (χ2v) is 6.69. The van der Waals surface area contributed by atoms with Crippen molar-refractivity contribution in [2.24, 2.45) is 0 Å². The number of thiazole rings is 1. The van der Waals surface area contributed by atoms with Gasteiger partial charge < -0.3 is 10.6 Å². The van der Waals surface area contributed by atoms with E-state index in [1.54, 1.807) is 12.4 Å². The van der Waals surface area contributed by atoms with Crippen molar-refractivity contribution in [1.82, 2.24) is 15.3 Å². The Bertz CT molecular complexity index is 851. The quantitative estimate of drug-likeness (QED) is 0.344. The van der Waals surface area contributed by atoms with Crippen LogP contribution < -0.4 is 10.6 Å². The van der Waals surface area contributed by atoms with Crippen LogP contribution in [0.5, 0.6) is 0 Å². The molecule has 3 rings (SSSR count). The number of alkyl halides is 1. The molecule has 0 radical (unpaired) electrons. The summed E-state index contributed by atoms with van der Waals surface area (Å²) in [6.45, 7) is 2.00. The Kier molecular flexibility index (Phi) is 5.41. The highest BCUT2D eigenvalue weighted by Gasteiger charge is 2.10. The average molecular weight is 450 g/mol. The number of amides is 1. The highest BCUT2D eigenvalue weighted by Crippen LogP contribution is 2.28. The number of carbonyl (C=O) groups is 1. The zero-order chi connectivity index (χ0) is 16.9. The first kappa shape index (κ1) is 16.8. The van der Waals surface area contributed by atoms with Crippen LogP contribution in [0.15, 0.2) is 48.1 Å². The summed E-state index contributed by atoms with van der Waals surface area (Å²) >= 11 is 3.64. The number of aromatic nitrogens is 2. The number of rotatable bonds is 5. The van der Waals surface area contributed by atoms with Crippen molar-refractivity contribution in [3.8, 4) is 11.3 Å². The average Bonchev–Trinajstić information content (AvgIpc) is 3.06. The van der Waals surface area contributed by atoms with E-state index in [0.717, 1.165) is 27.6 Å². The highest BCUT2D eigenvalue weighted by molar-refractivity contribution is 14.1. The van der Waals surface area contributed by atoms with Crippen molar-refractivity contribution in [3.05, 3.63) is 59.2 Å². The topological polar surface area (TPSA) is 66.9 Å². The molecule has 1 amide bonds. The Balaban J connectivity index is 1.82. The fourth-order valence-corrected chi connectivity index (χ4v) is 3.24. The van der Waals surface area contributed by atoms with Gasteiger partial charge in [-0.15, -0.1) is 11.3 Å². The number of anilines is 2. The van der Waals surface area contributed by atoms with Gasteiger partial charge in [0.1, 0.15) is 0 Å². The molecule has 2 aromatic heterocycles. The number of pyridine rings is 1. The molecule has 3 aromatic rings. The fraction of sp³-hybridized carbons (Fsp3) is 0.118. The minimum absolute atomic E-state index is 0.0796. The van der Waals surface area contributed by atoms with Crippen LogP contribution in [0.4, 0.5) is 10.8 Å². The summed E-state index contributed by atoms with van der Waals surface area (Å²) in [7, 11) is 0. The first-order valence-corrected chi connectivity index (χ1v) is 9.65. The minimum atomic E-state index is -0.0796. The smallest absolute Gasteiger partial charge is 0.251 e. The monoisotopic (exact) mass is 450 g/mol. The molecule has 0 atom stereocenters. The lowest BCUT2D eigenvalue weighted by atomic mass is 10.1. The molecule has 24 heavy (non-hydrogen) atoms. The van der Waals surface area contributed by atoms with E-state index in [1.807, 2.05) is 42.6 Å². The Labute approximate surface area is 157 Å². The van der Waals surface area contributed by atoms with Gasteiger partial charge in [0.15, 0.2) is 5.13 Å². The minimum Gasteiger partial charge on any atom is -0.343 e. The van der Waals surface area contributed by atoms with E-state index in [9.17, 15) is 4.79 Å². The van der Waals surface area contributed by atoms with E-state index < -0.39 is 0 Å². The molecule has 0 aliphatic carbocycles. The van der Waals surface area contributed by atoms with Crippen LogP contribution >= 0.6 is 33.9 Å². The molecule has 0 saturated heterocycles. The summed E-state index contributed by atoms with van der Waals surface area (Å²) in [5.74, 6) is -0.0796. The van der Waals surface area contributed by atoms with Crippen molar-refractivity contribution in [2.75, 3.05) is 9.87 Å². The normalized spacial score (nSPS) is 10.4. The predicted molar refractivity (Wildman–Crippen MR) is 106 cm³/mol. The van der Waals surface area contributed by atoms with Gasteiger partial charge in [-0.3, -0.25) is 9.78 Å². The molecule has 122 valence electrons. The lowest BCUT2D eigenvalue weighted by Crippen LogP contribution is -2.21. The number of hydrogen-bond donors (Lipinski definition) is 2. The zero-order valence-electron chi connectivity index (χ0n) is 12.9. The van der Waals surface area contributed by atoms with Crippen LogP contribution in [0, 0.1) is 6.92 Å². The number of carbonyl (C=O) groups excluding carboxylic acids is 1. The van der Waals surface area contributed by atoms with Crippen LogP contribution in [0.25, 0.3) is 11.3 Å². The van der Waals surface area contributed by atoms with Crippen LogP contribution in [-0.2, 0) is 0 Å². The van der Waals surface area contributed by atoms with Crippen molar-refractivity contribution >= 4 is 50.7 Å². The molecule has 0 aliphatic heterocycles. The van der Waals surface area contributed by atoms with Gasteiger partial charge in [-0.1, -0.05) is 28.7 Å². The Morgan fingerprint density at radius 1 is 1.25 bits per heavy atom. The van der Waals surface area contributed by atoms with Gasteiger partial charge in [-0.05, 0) is 36.8 Å². The van der Waals surface area contributed by atoms with Crippen LogP contribution in [0.3, 0.4) is 0 Å². The summed E-state index contributed by atoms with van der Waals surface area (Å²) in [5, 5.41) is 8.90. The van der Waals surface area contributed by atoms with E-state index in [2.05, 4.69) is 43.2 Å². The number of hydrogen-bond acceptors (Lipinski definition) is 5. The van der Waals surface area contributed by atoms with Gasteiger partial charge >= 0.3 is 0 Å². The maximum absolute atomic E-state index is 12.0. The maximum Gasteiger partial charge on any atom is 0.251 e. The summed E-state index contributed by atoms with van der Waals surface area (Å²) in [6, 6.07) is 9.47. The number of nitrogens with zero attached hydrogens (tertiary/aromatic N) is 2. The van der Waals surface area contributed by atoms with Crippen molar-refractivity contribution in [1.29, 1.82) is 0 Å². The van der Waals surface area contributed by atoms with Gasteiger partial charge in [-0.2, -0.15) is 0 Å². The third-order valence-corrected chi connectivity index (χ3v) is 4.59. The van der Waals surface area contributed by atoms with Crippen LogP contribution in [-0.4, -0.2) is 20.4 Å². The molecule has 1 aromatic carbocycles. The molecule has 5 nitrogen and oxygen atoms in total. The summed E-state index contributed by atoms with van der Waals surface area (Å²) in [4.78, 5) is 20.6. The Morgan fingerprint density at radius 3 is 2.79 bits per heavy atom. The molecule has 0 spiro atoms. The zero-order valence-corrected chi connectivity index (χ0v) is 15.9. The second kappa shape index (κ2) is 7.71. The van der Waals surface area contributed by atoms with Gasteiger partial charge in [0.05, 0.1) is 10.2 Å². The number of aryl methyl sites for hydroxylation is 1. The fourth-order valence-electron chi connectivity index (χ4n) is 2.16. The third kappa shape index (κ3) is 3.90. The lowest BCUT2D eigenvalue weighted by Gasteiger charge is -2.09. The summed E-state index contributed by atoms with van der Waals surface area (Å²) in [6.07, 6.45) is 3.50. The number of nitrogens with one attached hydrogen (secondary N) is 2. The third-order valence-electron chi connectivity index (χ3n) is 3.45. The Morgan fingerprint density at radius 2 is 2.04 bits per heavy atom. The highest BCUT2D eigenvalue weighted by atomic mass is 127. The molecule has 0 fully saturated rings. The summed E-state index contributed by atoms with van der Waals surface area (Å²) < 4.78 is 0.578. The molecule has 0 bridgehead atoms. The van der Waals surface area contributed by atoms with Gasteiger partial charge in [0.2, 0.25) is 0 Å². The number of halogens is 1. The maximum atomic E-state index is 12.0. The molecule has 2 N–H and O–H groups in total. The van der Waals surface area contributed by atoms with E-state index in [4.69, 9.17) is 0 Å².